The first-order valence-electron chi connectivity index (χ1n) is 10.8. The van der Waals surface area contributed by atoms with Crippen molar-refractivity contribution < 1.29 is 9.59 Å². The number of pyridine rings is 2. The van der Waals surface area contributed by atoms with Crippen molar-refractivity contribution in [2.75, 3.05) is 11.1 Å². The molecule has 8 heteroatoms. The van der Waals surface area contributed by atoms with E-state index in [1.807, 2.05) is 26.0 Å². The summed E-state index contributed by atoms with van der Waals surface area (Å²) >= 11 is 0. The Bertz CT molecular complexity index is 1090. The van der Waals surface area contributed by atoms with Gasteiger partial charge in [-0.1, -0.05) is 25.3 Å². The predicted molar refractivity (Wildman–Crippen MR) is 118 cm³/mol. The number of nitrogens with two attached hydrogens (primary N) is 1. The van der Waals surface area contributed by atoms with Crippen LogP contribution in [0.2, 0.25) is 0 Å². The number of carbonyl (C=O) groups excluding carboxylic acids is 2. The standard InChI is InChI=1S/C23H29N5O3/c1-13-8-17-10-18(9-15-4-3-5-15)22(30)27-21(17)23(31)28(13)12-20(29)25-11-16-6-7-19(24)26-14(16)2/h6-8,15,18H,3-5,9-12H2,1-2H3,(H2,24,26)(H,25,29)(H,27,30)/t18-/m1/s1. The molecule has 0 radical (unpaired) electrons. The summed E-state index contributed by atoms with van der Waals surface area (Å²) in [5.74, 6) is 0.615. The van der Waals surface area contributed by atoms with Crippen LogP contribution in [0.5, 0.6) is 0 Å². The highest BCUT2D eigenvalue weighted by Gasteiger charge is 2.32. The lowest BCUT2D eigenvalue weighted by molar-refractivity contribution is -0.122. The Morgan fingerprint density at radius 2 is 2.06 bits per heavy atom. The highest BCUT2D eigenvalue weighted by atomic mass is 16.2. The lowest BCUT2D eigenvalue weighted by Gasteiger charge is -2.32. The van der Waals surface area contributed by atoms with Crippen LogP contribution in [0.1, 0.15) is 48.2 Å². The minimum absolute atomic E-state index is 0.0764. The largest absolute Gasteiger partial charge is 0.384 e. The van der Waals surface area contributed by atoms with Crippen LogP contribution < -0.4 is 21.9 Å². The molecule has 31 heavy (non-hydrogen) atoms. The maximum absolute atomic E-state index is 13.0. The molecule has 2 aliphatic rings. The molecule has 164 valence electrons. The maximum atomic E-state index is 13.0. The molecule has 2 aromatic rings. The van der Waals surface area contributed by atoms with Gasteiger partial charge >= 0.3 is 0 Å². The molecule has 0 saturated heterocycles. The fourth-order valence-corrected chi connectivity index (χ4v) is 4.42. The second-order valence-corrected chi connectivity index (χ2v) is 8.76. The molecule has 0 bridgehead atoms. The van der Waals surface area contributed by atoms with Crippen molar-refractivity contribution in [3.05, 3.63) is 51.1 Å². The minimum Gasteiger partial charge on any atom is -0.384 e. The molecule has 0 aromatic carbocycles. The van der Waals surface area contributed by atoms with E-state index in [4.69, 9.17) is 5.73 Å². The van der Waals surface area contributed by atoms with E-state index in [0.717, 1.165) is 23.2 Å². The van der Waals surface area contributed by atoms with Gasteiger partial charge in [-0.2, -0.15) is 0 Å². The zero-order valence-corrected chi connectivity index (χ0v) is 18.0. The average molecular weight is 424 g/mol. The Morgan fingerprint density at radius 1 is 1.29 bits per heavy atom. The topological polar surface area (TPSA) is 119 Å². The van der Waals surface area contributed by atoms with E-state index in [1.54, 1.807) is 6.07 Å². The number of nitrogens with zero attached hydrogens (tertiary/aromatic N) is 2. The highest BCUT2D eigenvalue weighted by Crippen LogP contribution is 2.35. The van der Waals surface area contributed by atoms with Crippen molar-refractivity contribution in [1.82, 2.24) is 14.9 Å². The number of rotatable bonds is 6. The zero-order chi connectivity index (χ0) is 22.1. The number of hydrogen-bond donors (Lipinski definition) is 3. The lowest BCUT2D eigenvalue weighted by Crippen LogP contribution is -2.39. The quantitative estimate of drug-likeness (QED) is 0.657. The fourth-order valence-electron chi connectivity index (χ4n) is 4.42. The Balaban J connectivity index is 1.45. The van der Waals surface area contributed by atoms with Crippen LogP contribution >= 0.6 is 0 Å². The van der Waals surface area contributed by atoms with Gasteiger partial charge in [-0.25, -0.2) is 4.98 Å². The molecule has 4 rings (SSSR count). The number of anilines is 2. The van der Waals surface area contributed by atoms with Gasteiger partial charge in [-0.05, 0) is 55.9 Å². The third-order valence-electron chi connectivity index (χ3n) is 6.51. The number of aryl methyl sites for hydroxylation is 2. The van der Waals surface area contributed by atoms with Gasteiger partial charge in [0.15, 0.2) is 0 Å². The number of nitrogen functional groups attached to an aromatic ring is 1. The molecule has 1 saturated carbocycles. The van der Waals surface area contributed by atoms with E-state index in [0.29, 0.717) is 36.1 Å². The van der Waals surface area contributed by atoms with Crippen molar-refractivity contribution in [2.45, 2.75) is 59.0 Å². The molecule has 1 atom stereocenters. The molecular weight excluding hydrogens is 394 g/mol. The summed E-state index contributed by atoms with van der Waals surface area (Å²) in [5, 5.41) is 5.64. The van der Waals surface area contributed by atoms with Crippen molar-refractivity contribution in [3.63, 3.8) is 0 Å². The van der Waals surface area contributed by atoms with Crippen LogP contribution in [-0.4, -0.2) is 21.4 Å². The number of aromatic nitrogens is 2. The SMILES string of the molecule is Cc1nc(N)ccc1CNC(=O)Cn1c(C)cc2c(c1=O)NC(=O)[C@H](CC1CCC1)C2. The normalized spacial score (nSPS) is 18.1. The number of amides is 2. The zero-order valence-electron chi connectivity index (χ0n) is 18.0. The van der Waals surface area contributed by atoms with Gasteiger partial charge in [0.05, 0.1) is 0 Å². The first kappa shape index (κ1) is 21.1. The Kier molecular flexibility index (Phi) is 5.80. The van der Waals surface area contributed by atoms with Gasteiger partial charge in [0.25, 0.3) is 5.56 Å². The molecular formula is C23H29N5O3. The second-order valence-electron chi connectivity index (χ2n) is 8.76. The molecule has 0 spiro atoms. The van der Waals surface area contributed by atoms with Gasteiger partial charge in [0.1, 0.15) is 18.1 Å². The molecule has 1 aliphatic heterocycles. The Morgan fingerprint density at radius 3 is 2.74 bits per heavy atom. The van der Waals surface area contributed by atoms with Crippen LogP contribution in [0.15, 0.2) is 23.0 Å². The van der Waals surface area contributed by atoms with E-state index in [1.165, 1.54) is 23.8 Å². The predicted octanol–water partition coefficient (Wildman–Crippen LogP) is 2.06. The van der Waals surface area contributed by atoms with Crippen LogP contribution in [-0.2, 0) is 29.1 Å². The summed E-state index contributed by atoms with van der Waals surface area (Å²) in [7, 11) is 0. The number of fused-ring (bicyclic) bond motifs is 1. The number of nitrogens with one attached hydrogen (secondary N) is 2. The smallest absolute Gasteiger partial charge is 0.275 e. The molecule has 4 N–H and O–H groups in total. The number of carbonyl (C=O) groups is 2. The first-order valence-corrected chi connectivity index (χ1v) is 10.8. The van der Waals surface area contributed by atoms with Gasteiger partial charge < -0.3 is 20.9 Å². The summed E-state index contributed by atoms with van der Waals surface area (Å²) in [5.41, 5.74) is 8.84. The number of hydrogen-bond acceptors (Lipinski definition) is 5. The monoisotopic (exact) mass is 423 g/mol. The Labute approximate surface area is 181 Å². The van der Waals surface area contributed by atoms with Crippen LogP contribution in [0.3, 0.4) is 0 Å². The van der Waals surface area contributed by atoms with E-state index in [2.05, 4.69) is 15.6 Å². The lowest BCUT2D eigenvalue weighted by atomic mass is 9.76. The molecule has 2 aromatic heterocycles. The first-order chi connectivity index (χ1) is 14.8. The van der Waals surface area contributed by atoms with Crippen LogP contribution in [0.4, 0.5) is 11.5 Å². The fraction of sp³-hybridized carbons (Fsp3) is 0.478. The van der Waals surface area contributed by atoms with Gasteiger partial charge in [-0.15, -0.1) is 0 Å². The maximum Gasteiger partial charge on any atom is 0.275 e. The molecule has 3 heterocycles. The van der Waals surface area contributed by atoms with Gasteiger partial charge in [0, 0.05) is 23.9 Å². The highest BCUT2D eigenvalue weighted by molar-refractivity contribution is 5.95. The van der Waals surface area contributed by atoms with Gasteiger partial charge in [-0.3, -0.25) is 14.4 Å². The van der Waals surface area contributed by atoms with E-state index < -0.39 is 0 Å². The summed E-state index contributed by atoms with van der Waals surface area (Å²) in [4.78, 5) is 42.3. The van der Waals surface area contributed by atoms with Gasteiger partial charge in [0.2, 0.25) is 11.8 Å². The molecule has 2 amide bonds. The summed E-state index contributed by atoms with van der Waals surface area (Å²) < 4.78 is 1.41. The second kappa shape index (κ2) is 8.53. The van der Waals surface area contributed by atoms with Crippen molar-refractivity contribution in [2.24, 2.45) is 11.8 Å². The van der Waals surface area contributed by atoms with Crippen molar-refractivity contribution in [3.8, 4) is 0 Å². The van der Waals surface area contributed by atoms with E-state index in [-0.39, 0.29) is 29.8 Å². The molecule has 0 unspecified atom stereocenters. The Hall–Kier alpha value is -3.16. The molecule has 1 fully saturated rings. The summed E-state index contributed by atoms with van der Waals surface area (Å²) in [6.45, 7) is 3.84. The van der Waals surface area contributed by atoms with Crippen LogP contribution in [0, 0.1) is 25.7 Å². The van der Waals surface area contributed by atoms with E-state index >= 15 is 0 Å². The minimum atomic E-state index is -0.328. The average Bonchev–Trinajstić information content (AvgIpc) is 2.68. The van der Waals surface area contributed by atoms with E-state index in [9.17, 15) is 14.4 Å². The van der Waals surface area contributed by atoms with Crippen LogP contribution in [0.25, 0.3) is 0 Å². The third kappa shape index (κ3) is 4.47. The molecule has 1 aliphatic carbocycles. The summed E-state index contributed by atoms with van der Waals surface area (Å²) in [6, 6.07) is 5.43. The summed E-state index contributed by atoms with van der Waals surface area (Å²) in [6.07, 6.45) is 5.10. The van der Waals surface area contributed by atoms with Crippen molar-refractivity contribution in [1.29, 1.82) is 0 Å². The molecule has 8 nitrogen and oxygen atoms in total. The van der Waals surface area contributed by atoms with Crippen molar-refractivity contribution >= 4 is 23.3 Å². The third-order valence-corrected chi connectivity index (χ3v) is 6.51.